The van der Waals surface area contributed by atoms with Gasteiger partial charge < -0.3 is 15.2 Å². The molecule has 1 unspecified atom stereocenters. The molecule has 0 bridgehead atoms. The molecule has 0 radical (unpaired) electrons. The molecule has 4 aromatic rings. The second-order valence-electron chi connectivity index (χ2n) is 9.24. The van der Waals surface area contributed by atoms with Crippen LogP contribution in [0, 0.1) is 11.6 Å². The Bertz CT molecular complexity index is 1390. The minimum absolute atomic E-state index is 0.00419. The molecule has 1 saturated heterocycles. The molecule has 2 aromatic heterocycles. The number of likely N-dealkylation sites (N-methyl/N-ethyl adjacent to an activating group) is 1. The van der Waals surface area contributed by atoms with Crippen molar-refractivity contribution >= 4 is 28.6 Å². The largest absolute Gasteiger partial charge is 0.349 e. The van der Waals surface area contributed by atoms with Crippen LogP contribution in [0.5, 0.6) is 0 Å². The van der Waals surface area contributed by atoms with Crippen molar-refractivity contribution in [3.63, 3.8) is 0 Å². The van der Waals surface area contributed by atoms with Crippen molar-refractivity contribution in [1.29, 1.82) is 0 Å². The van der Waals surface area contributed by atoms with Crippen molar-refractivity contribution in [3.05, 3.63) is 87.1 Å². The van der Waals surface area contributed by atoms with Gasteiger partial charge in [-0.2, -0.15) is 9.97 Å². The first-order valence-electron chi connectivity index (χ1n) is 14.2. The number of rotatable bonds is 7. The van der Waals surface area contributed by atoms with Gasteiger partial charge >= 0.3 is 5.69 Å². The fourth-order valence-electron chi connectivity index (χ4n) is 5.07. The summed E-state index contributed by atoms with van der Waals surface area (Å²) in [4.78, 5) is 28.8. The highest BCUT2D eigenvalue weighted by Gasteiger charge is 2.32. The molecule has 0 spiro atoms. The molecule has 2 aromatic carbocycles. The molecule has 1 aliphatic rings. The number of aromatic amines is 1. The van der Waals surface area contributed by atoms with Crippen LogP contribution in [0.25, 0.3) is 11.2 Å². The molecule has 8 nitrogen and oxygen atoms in total. The molecule has 41 heavy (non-hydrogen) atoms. The molecule has 3 heterocycles. The predicted molar refractivity (Wildman–Crippen MR) is 163 cm³/mol. The van der Waals surface area contributed by atoms with E-state index in [1.807, 2.05) is 34.7 Å². The maximum atomic E-state index is 13.7. The van der Waals surface area contributed by atoms with Crippen LogP contribution in [-0.4, -0.2) is 63.7 Å². The SMILES string of the molecule is CC.CC.CNCCn1c(=O)[nH]c2c(N3CCN(C(c4ccc(F)cc4)c4ccc(F)cc4)CC3C)nc(Cl)nc21. The van der Waals surface area contributed by atoms with Crippen LogP contribution in [0.2, 0.25) is 5.28 Å². The molecule has 11 heteroatoms. The first kappa shape index (κ1) is 32.2. The van der Waals surface area contributed by atoms with Crippen LogP contribution in [0.4, 0.5) is 14.6 Å². The summed E-state index contributed by atoms with van der Waals surface area (Å²) in [5.41, 5.74) is 2.61. The number of anilines is 1. The number of nitrogens with one attached hydrogen (secondary N) is 2. The van der Waals surface area contributed by atoms with Crippen LogP contribution < -0.4 is 15.9 Å². The van der Waals surface area contributed by atoms with E-state index in [4.69, 9.17) is 11.6 Å². The molecule has 1 fully saturated rings. The van der Waals surface area contributed by atoms with Crippen molar-refractivity contribution in [3.8, 4) is 0 Å². The number of benzene rings is 2. The number of aromatic nitrogens is 4. The summed E-state index contributed by atoms with van der Waals surface area (Å²) in [6.07, 6.45) is 0. The molecule has 222 valence electrons. The lowest BCUT2D eigenvalue weighted by Crippen LogP contribution is -2.53. The van der Waals surface area contributed by atoms with Crippen molar-refractivity contribution in [2.24, 2.45) is 0 Å². The number of hydrogen-bond acceptors (Lipinski definition) is 6. The van der Waals surface area contributed by atoms with E-state index < -0.39 is 0 Å². The summed E-state index contributed by atoms with van der Waals surface area (Å²) in [6, 6.07) is 12.7. The molecule has 2 N–H and O–H groups in total. The fraction of sp³-hybridized carbons (Fsp3) is 0.433. The van der Waals surface area contributed by atoms with Gasteiger partial charge in [0.1, 0.15) is 17.2 Å². The Morgan fingerprint density at radius 3 is 2.05 bits per heavy atom. The van der Waals surface area contributed by atoms with E-state index in [2.05, 4.69) is 37.0 Å². The third-order valence-corrected chi connectivity index (χ3v) is 7.00. The lowest BCUT2D eigenvalue weighted by molar-refractivity contribution is 0.187. The van der Waals surface area contributed by atoms with Crippen LogP contribution >= 0.6 is 11.6 Å². The summed E-state index contributed by atoms with van der Waals surface area (Å²) in [5, 5.41) is 3.11. The number of fused-ring (bicyclic) bond motifs is 1. The highest BCUT2D eigenvalue weighted by atomic mass is 35.5. The van der Waals surface area contributed by atoms with Crippen LogP contribution in [0.1, 0.15) is 51.8 Å². The highest BCUT2D eigenvalue weighted by molar-refractivity contribution is 6.28. The second-order valence-corrected chi connectivity index (χ2v) is 9.58. The lowest BCUT2D eigenvalue weighted by Gasteiger charge is -2.44. The van der Waals surface area contributed by atoms with Crippen LogP contribution in [0.3, 0.4) is 0 Å². The Morgan fingerprint density at radius 2 is 1.54 bits per heavy atom. The molecule has 0 saturated carbocycles. The van der Waals surface area contributed by atoms with Gasteiger partial charge in [0.05, 0.1) is 6.04 Å². The summed E-state index contributed by atoms with van der Waals surface area (Å²) in [5.74, 6) is -0.0252. The summed E-state index contributed by atoms with van der Waals surface area (Å²) in [6.45, 7) is 13.0. The van der Waals surface area contributed by atoms with E-state index in [9.17, 15) is 13.6 Å². The summed E-state index contributed by atoms with van der Waals surface area (Å²) >= 11 is 6.31. The van der Waals surface area contributed by atoms with Crippen molar-refractivity contribution in [2.45, 2.75) is 53.2 Å². The molecule has 0 aliphatic carbocycles. The standard InChI is InChI=1S/C26H28ClF2N7O.2C2H6/c1-16-15-34(22(17-3-7-19(28)8-4-17)18-5-9-20(29)10-6-18)13-14-35(16)23-21-24(33-25(27)32-23)36(12-11-30-2)26(37)31-21;2*1-2/h3-10,16,22,30H,11-15H2,1-2H3,(H,31,37);2*1-2H3. The predicted octanol–water partition coefficient (Wildman–Crippen LogP) is 5.62. The van der Waals surface area contributed by atoms with Gasteiger partial charge in [0, 0.05) is 38.8 Å². The number of hydrogen-bond donors (Lipinski definition) is 2. The summed E-state index contributed by atoms with van der Waals surface area (Å²) < 4.78 is 28.9. The van der Waals surface area contributed by atoms with Crippen molar-refractivity contribution in [1.82, 2.24) is 29.7 Å². The third kappa shape index (κ3) is 7.30. The van der Waals surface area contributed by atoms with Gasteiger partial charge in [0.25, 0.3) is 0 Å². The van der Waals surface area contributed by atoms with E-state index in [-0.39, 0.29) is 34.7 Å². The zero-order valence-corrected chi connectivity index (χ0v) is 25.3. The van der Waals surface area contributed by atoms with E-state index in [1.165, 1.54) is 24.3 Å². The van der Waals surface area contributed by atoms with Gasteiger partial charge in [-0.05, 0) is 61.0 Å². The topological polar surface area (TPSA) is 82.1 Å². The van der Waals surface area contributed by atoms with Gasteiger partial charge in [-0.1, -0.05) is 52.0 Å². The van der Waals surface area contributed by atoms with Gasteiger partial charge in [-0.3, -0.25) is 9.47 Å². The molecule has 5 rings (SSSR count). The van der Waals surface area contributed by atoms with Crippen molar-refractivity contribution in [2.75, 3.05) is 38.1 Å². The lowest BCUT2D eigenvalue weighted by atomic mass is 9.95. The second kappa shape index (κ2) is 15.0. The third-order valence-electron chi connectivity index (χ3n) is 6.83. The Kier molecular flexibility index (Phi) is 11.8. The van der Waals surface area contributed by atoms with Crippen LogP contribution in [-0.2, 0) is 6.54 Å². The summed E-state index contributed by atoms with van der Waals surface area (Å²) in [7, 11) is 1.82. The zero-order valence-electron chi connectivity index (χ0n) is 24.6. The van der Waals surface area contributed by atoms with E-state index in [1.54, 1.807) is 28.8 Å². The molecule has 1 aliphatic heterocycles. The average molecular weight is 588 g/mol. The zero-order chi connectivity index (χ0) is 30.1. The smallest absolute Gasteiger partial charge is 0.327 e. The first-order chi connectivity index (χ1) is 19.9. The van der Waals surface area contributed by atoms with Crippen molar-refractivity contribution < 1.29 is 8.78 Å². The molecule has 0 amide bonds. The Labute approximate surface area is 245 Å². The molecular weight excluding hydrogens is 548 g/mol. The maximum Gasteiger partial charge on any atom is 0.327 e. The van der Waals surface area contributed by atoms with E-state index in [0.29, 0.717) is 49.7 Å². The quantitative estimate of drug-likeness (QED) is 0.273. The fourth-order valence-corrected chi connectivity index (χ4v) is 5.23. The average Bonchev–Trinajstić information content (AvgIpc) is 3.30. The van der Waals surface area contributed by atoms with Gasteiger partial charge in [0.2, 0.25) is 5.28 Å². The minimum atomic E-state index is -0.305. The van der Waals surface area contributed by atoms with Gasteiger partial charge in [-0.15, -0.1) is 0 Å². The number of nitrogens with zero attached hydrogens (tertiary/aromatic N) is 5. The Balaban J connectivity index is 0.00000111. The Morgan fingerprint density at radius 1 is 0.976 bits per heavy atom. The molecular formula is C30H40ClF2N7O. The Hall–Kier alpha value is -3.34. The normalized spacial score (nSPS) is 15.4. The van der Waals surface area contributed by atoms with Crippen LogP contribution in [0.15, 0.2) is 53.3 Å². The highest BCUT2D eigenvalue weighted by Crippen LogP contribution is 2.33. The number of H-pyrrole nitrogens is 1. The monoisotopic (exact) mass is 587 g/mol. The van der Waals surface area contributed by atoms with Gasteiger partial charge in [0.15, 0.2) is 11.5 Å². The number of imidazole rings is 1. The van der Waals surface area contributed by atoms with E-state index in [0.717, 1.165) is 11.1 Å². The minimum Gasteiger partial charge on any atom is -0.349 e. The van der Waals surface area contributed by atoms with Gasteiger partial charge in [-0.25, -0.2) is 13.6 Å². The first-order valence-corrected chi connectivity index (χ1v) is 14.6. The van der Waals surface area contributed by atoms with E-state index >= 15 is 0 Å². The number of halogens is 3. The maximum absolute atomic E-state index is 13.7. The molecule has 1 atom stereocenters. The number of piperazine rings is 1.